The molecule has 0 saturated heterocycles. The van der Waals surface area contributed by atoms with E-state index in [9.17, 15) is 9.59 Å². The molecule has 1 heterocycles. The summed E-state index contributed by atoms with van der Waals surface area (Å²) in [4.78, 5) is 22.5. The second kappa shape index (κ2) is 6.20. The lowest BCUT2D eigenvalue weighted by molar-refractivity contribution is -0.142. The number of hydrogen-bond donors (Lipinski definition) is 1. The van der Waals surface area contributed by atoms with E-state index < -0.39 is 12.0 Å². The average molecular weight is 255 g/mol. The molecule has 0 aliphatic rings. The standard InChI is InChI=1S/C12H17NO5/c1-7(13-8(2)11(14)16-3)9-5-6-10(18-9)12(15)17-4/h5-8,13H,1-4H3. The molecular weight excluding hydrogens is 238 g/mol. The van der Waals surface area contributed by atoms with E-state index in [0.29, 0.717) is 5.76 Å². The van der Waals surface area contributed by atoms with Gasteiger partial charge in [-0.25, -0.2) is 4.79 Å². The lowest BCUT2D eigenvalue weighted by atomic mass is 10.2. The van der Waals surface area contributed by atoms with Gasteiger partial charge in [0.25, 0.3) is 0 Å². The number of ether oxygens (including phenoxy) is 2. The Morgan fingerprint density at radius 2 is 1.89 bits per heavy atom. The second-order valence-corrected chi connectivity index (χ2v) is 3.83. The molecule has 0 aliphatic carbocycles. The maximum Gasteiger partial charge on any atom is 0.373 e. The number of furan rings is 1. The number of carbonyl (C=O) groups is 2. The number of carbonyl (C=O) groups excluding carboxylic acids is 2. The van der Waals surface area contributed by atoms with Gasteiger partial charge in [-0.15, -0.1) is 0 Å². The van der Waals surface area contributed by atoms with E-state index in [4.69, 9.17) is 4.42 Å². The number of hydrogen-bond acceptors (Lipinski definition) is 6. The van der Waals surface area contributed by atoms with Gasteiger partial charge < -0.3 is 13.9 Å². The largest absolute Gasteiger partial charge is 0.468 e. The van der Waals surface area contributed by atoms with Crippen molar-refractivity contribution in [3.63, 3.8) is 0 Å². The molecule has 18 heavy (non-hydrogen) atoms. The average Bonchev–Trinajstić information content (AvgIpc) is 2.86. The number of methoxy groups -OCH3 is 2. The van der Waals surface area contributed by atoms with Crippen molar-refractivity contribution < 1.29 is 23.5 Å². The molecule has 0 radical (unpaired) electrons. The Balaban J connectivity index is 2.67. The predicted octanol–water partition coefficient (Wildman–Crippen LogP) is 1.28. The molecule has 6 nitrogen and oxygen atoms in total. The zero-order valence-corrected chi connectivity index (χ0v) is 10.9. The Bertz CT molecular complexity index is 426. The molecule has 1 aromatic rings. The third kappa shape index (κ3) is 3.33. The highest BCUT2D eigenvalue weighted by molar-refractivity contribution is 5.86. The molecule has 2 atom stereocenters. The highest BCUT2D eigenvalue weighted by Crippen LogP contribution is 2.17. The van der Waals surface area contributed by atoms with Gasteiger partial charge in [0.2, 0.25) is 5.76 Å². The van der Waals surface area contributed by atoms with Gasteiger partial charge >= 0.3 is 11.9 Å². The fraction of sp³-hybridized carbons (Fsp3) is 0.500. The van der Waals surface area contributed by atoms with E-state index in [0.717, 1.165) is 0 Å². The molecule has 0 fully saturated rings. The summed E-state index contributed by atoms with van der Waals surface area (Å²) in [5.41, 5.74) is 0. The third-order valence-corrected chi connectivity index (χ3v) is 2.49. The zero-order chi connectivity index (χ0) is 13.7. The van der Waals surface area contributed by atoms with E-state index in [2.05, 4.69) is 14.8 Å². The Morgan fingerprint density at radius 1 is 1.22 bits per heavy atom. The summed E-state index contributed by atoms with van der Waals surface area (Å²) in [7, 11) is 2.61. The minimum atomic E-state index is -0.533. The van der Waals surface area contributed by atoms with Crippen LogP contribution in [0.1, 0.15) is 36.2 Å². The first-order chi connectivity index (χ1) is 8.49. The van der Waals surface area contributed by atoms with Crippen LogP contribution >= 0.6 is 0 Å². The normalized spacial score (nSPS) is 13.8. The van der Waals surface area contributed by atoms with Gasteiger partial charge in [-0.3, -0.25) is 10.1 Å². The van der Waals surface area contributed by atoms with Crippen molar-refractivity contribution in [2.45, 2.75) is 25.9 Å². The Morgan fingerprint density at radius 3 is 2.44 bits per heavy atom. The van der Waals surface area contributed by atoms with E-state index in [1.54, 1.807) is 13.0 Å². The number of nitrogens with one attached hydrogen (secondary N) is 1. The molecule has 6 heteroatoms. The van der Waals surface area contributed by atoms with E-state index in [-0.39, 0.29) is 17.8 Å². The fourth-order valence-corrected chi connectivity index (χ4v) is 1.50. The molecule has 1 aromatic heterocycles. The van der Waals surface area contributed by atoms with Crippen molar-refractivity contribution in [3.05, 3.63) is 23.7 Å². The van der Waals surface area contributed by atoms with Crippen LogP contribution in [0.4, 0.5) is 0 Å². The maximum absolute atomic E-state index is 11.2. The zero-order valence-electron chi connectivity index (χ0n) is 10.9. The van der Waals surface area contributed by atoms with Crippen molar-refractivity contribution in [1.29, 1.82) is 0 Å². The van der Waals surface area contributed by atoms with Crippen molar-refractivity contribution in [2.24, 2.45) is 0 Å². The van der Waals surface area contributed by atoms with Crippen LogP contribution in [0.25, 0.3) is 0 Å². The second-order valence-electron chi connectivity index (χ2n) is 3.83. The van der Waals surface area contributed by atoms with Gasteiger partial charge in [0, 0.05) is 0 Å². The van der Waals surface area contributed by atoms with Crippen molar-refractivity contribution in [3.8, 4) is 0 Å². The van der Waals surface area contributed by atoms with Crippen molar-refractivity contribution in [1.82, 2.24) is 5.32 Å². The molecule has 1 N–H and O–H groups in total. The highest BCUT2D eigenvalue weighted by atomic mass is 16.5. The summed E-state index contributed by atoms with van der Waals surface area (Å²) < 4.78 is 14.5. The topological polar surface area (TPSA) is 77.8 Å². The van der Waals surface area contributed by atoms with Crippen LogP contribution < -0.4 is 5.32 Å². The van der Waals surface area contributed by atoms with Crippen LogP contribution in [0, 0.1) is 0 Å². The SMILES string of the molecule is COC(=O)c1ccc(C(C)NC(C)C(=O)OC)o1. The van der Waals surface area contributed by atoms with Gasteiger partial charge in [0.05, 0.1) is 20.3 Å². The summed E-state index contributed by atoms with van der Waals surface area (Å²) in [6, 6.07) is 2.50. The van der Waals surface area contributed by atoms with E-state index in [1.807, 2.05) is 6.92 Å². The summed E-state index contributed by atoms with van der Waals surface area (Å²) in [5.74, 6) is -0.214. The Labute approximate surface area is 105 Å². The van der Waals surface area contributed by atoms with E-state index in [1.165, 1.54) is 20.3 Å². The lowest BCUT2D eigenvalue weighted by Gasteiger charge is -2.16. The summed E-state index contributed by atoms with van der Waals surface area (Å²) in [6.07, 6.45) is 0. The molecule has 100 valence electrons. The maximum atomic E-state index is 11.2. The number of esters is 2. The first-order valence-electron chi connectivity index (χ1n) is 5.51. The molecular formula is C12H17NO5. The molecule has 1 rings (SSSR count). The number of rotatable bonds is 5. The Hall–Kier alpha value is -1.82. The summed E-state index contributed by atoms with van der Waals surface area (Å²) in [5, 5.41) is 3.00. The monoisotopic (exact) mass is 255 g/mol. The van der Waals surface area contributed by atoms with Crippen LogP contribution in [0.3, 0.4) is 0 Å². The summed E-state index contributed by atoms with van der Waals surface area (Å²) >= 11 is 0. The van der Waals surface area contributed by atoms with Crippen LogP contribution in [0.15, 0.2) is 16.5 Å². The minimum absolute atomic E-state index is 0.131. The first kappa shape index (κ1) is 14.2. The van der Waals surface area contributed by atoms with Crippen LogP contribution in [-0.2, 0) is 14.3 Å². The fourth-order valence-electron chi connectivity index (χ4n) is 1.50. The van der Waals surface area contributed by atoms with Crippen LogP contribution in [-0.4, -0.2) is 32.2 Å². The molecule has 0 aliphatic heterocycles. The first-order valence-corrected chi connectivity index (χ1v) is 5.51. The van der Waals surface area contributed by atoms with Gasteiger partial charge in [-0.2, -0.15) is 0 Å². The Kier molecular flexibility index (Phi) is 4.91. The third-order valence-electron chi connectivity index (χ3n) is 2.49. The quantitative estimate of drug-likeness (QED) is 0.798. The molecule has 0 amide bonds. The molecule has 2 unspecified atom stereocenters. The van der Waals surface area contributed by atoms with Crippen molar-refractivity contribution in [2.75, 3.05) is 14.2 Å². The van der Waals surface area contributed by atoms with Gasteiger partial charge in [-0.1, -0.05) is 0 Å². The van der Waals surface area contributed by atoms with Crippen LogP contribution in [0.2, 0.25) is 0 Å². The van der Waals surface area contributed by atoms with Crippen molar-refractivity contribution >= 4 is 11.9 Å². The van der Waals surface area contributed by atoms with Crippen LogP contribution in [0.5, 0.6) is 0 Å². The summed E-state index contributed by atoms with van der Waals surface area (Å²) in [6.45, 7) is 3.51. The van der Waals surface area contributed by atoms with Gasteiger partial charge in [0.1, 0.15) is 11.8 Å². The smallest absolute Gasteiger partial charge is 0.373 e. The molecule has 0 spiro atoms. The molecule has 0 aromatic carbocycles. The lowest BCUT2D eigenvalue weighted by Crippen LogP contribution is -2.36. The van der Waals surface area contributed by atoms with E-state index >= 15 is 0 Å². The minimum Gasteiger partial charge on any atom is -0.468 e. The highest BCUT2D eigenvalue weighted by Gasteiger charge is 2.20. The molecule has 0 bridgehead atoms. The molecule has 0 saturated carbocycles. The predicted molar refractivity (Wildman–Crippen MR) is 63.1 cm³/mol. The van der Waals surface area contributed by atoms with Gasteiger partial charge in [-0.05, 0) is 26.0 Å². The van der Waals surface area contributed by atoms with Gasteiger partial charge in [0.15, 0.2) is 0 Å².